The van der Waals surface area contributed by atoms with Gasteiger partial charge in [0.05, 0.1) is 13.2 Å². The van der Waals surface area contributed by atoms with Crippen LogP contribution in [0.3, 0.4) is 0 Å². The van der Waals surface area contributed by atoms with Crippen LogP contribution in [0.25, 0.3) is 0 Å². The van der Waals surface area contributed by atoms with E-state index in [2.05, 4.69) is 0 Å². The quantitative estimate of drug-likeness (QED) is 0.612. The Morgan fingerprint density at radius 2 is 1.92 bits per heavy atom. The smallest absolute Gasteiger partial charge is 0.410 e. The van der Waals surface area contributed by atoms with Crippen LogP contribution in [0, 0.1) is 0 Å². The van der Waals surface area contributed by atoms with Crippen molar-refractivity contribution in [2.24, 2.45) is 0 Å². The summed E-state index contributed by atoms with van der Waals surface area (Å²) in [5, 5.41) is 0. The molecule has 2 fully saturated rings. The number of piperidine rings is 1. The molecule has 0 N–H and O–H groups in total. The second-order valence-electron chi connectivity index (χ2n) is 3.59. The van der Waals surface area contributed by atoms with Gasteiger partial charge in [-0.2, -0.15) is 0 Å². The molecule has 74 valence electrons. The Morgan fingerprint density at radius 1 is 1.23 bits per heavy atom. The number of ether oxygens (including phenoxy) is 2. The maximum atomic E-state index is 11.4. The third-order valence-corrected chi connectivity index (χ3v) is 2.49. The minimum absolute atomic E-state index is 0.00873. The molecule has 0 aromatic heterocycles. The van der Waals surface area contributed by atoms with E-state index in [0.717, 1.165) is 25.9 Å². The Hall–Kier alpha value is -0.770. The maximum absolute atomic E-state index is 11.4. The normalized spacial score (nSPS) is 23.8. The summed E-state index contributed by atoms with van der Waals surface area (Å²) in [5.41, 5.74) is 0. The van der Waals surface area contributed by atoms with E-state index in [1.807, 2.05) is 0 Å². The fraction of sp³-hybridized carbons (Fsp3) is 0.889. The monoisotopic (exact) mass is 185 g/mol. The molecule has 4 heteroatoms. The summed E-state index contributed by atoms with van der Waals surface area (Å²) in [6.45, 7) is 2.85. The van der Waals surface area contributed by atoms with Gasteiger partial charge in [0, 0.05) is 13.1 Å². The summed E-state index contributed by atoms with van der Waals surface area (Å²) in [6.07, 6.45) is 3.30. The first kappa shape index (κ1) is 8.81. The lowest BCUT2D eigenvalue weighted by atomic mass is 10.1. The summed E-state index contributed by atoms with van der Waals surface area (Å²) < 4.78 is 10.1. The summed E-state index contributed by atoms with van der Waals surface area (Å²) in [6, 6.07) is 0. The SMILES string of the molecule is O=C(OC1COC1)N1CCCCC1. The van der Waals surface area contributed by atoms with Crippen molar-refractivity contribution >= 4 is 6.09 Å². The number of rotatable bonds is 1. The van der Waals surface area contributed by atoms with E-state index in [1.165, 1.54) is 6.42 Å². The van der Waals surface area contributed by atoms with Crippen LogP contribution < -0.4 is 0 Å². The number of amides is 1. The standard InChI is InChI=1S/C9H15NO3/c11-9(13-8-6-12-7-8)10-4-2-1-3-5-10/h8H,1-7H2. The molecular formula is C9H15NO3. The molecule has 0 aromatic carbocycles. The van der Waals surface area contributed by atoms with Crippen LogP contribution in [0.15, 0.2) is 0 Å². The highest BCUT2D eigenvalue weighted by molar-refractivity contribution is 5.68. The zero-order valence-corrected chi connectivity index (χ0v) is 7.70. The van der Waals surface area contributed by atoms with Crippen molar-refractivity contribution in [3.63, 3.8) is 0 Å². The first-order valence-corrected chi connectivity index (χ1v) is 4.89. The number of likely N-dealkylation sites (tertiary alicyclic amines) is 1. The first-order valence-electron chi connectivity index (χ1n) is 4.89. The third kappa shape index (κ3) is 2.12. The van der Waals surface area contributed by atoms with Crippen LogP contribution in [0.4, 0.5) is 4.79 Å². The van der Waals surface area contributed by atoms with Crippen molar-refractivity contribution < 1.29 is 14.3 Å². The van der Waals surface area contributed by atoms with E-state index < -0.39 is 0 Å². The minimum atomic E-state index is -0.159. The third-order valence-electron chi connectivity index (χ3n) is 2.49. The van der Waals surface area contributed by atoms with E-state index in [-0.39, 0.29) is 12.2 Å². The molecule has 0 spiro atoms. The Bertz CT molecular complexity index is 185. The lowest BCUT2D eigenvalue weighted by Crippen LogP contribution is -2.43. The van der Waals surface area contributed by atoms with E-state index in [0.29, 0.717) is 13.2 Å². The predicted molar refractivity (Wildman–Crippen MR) is 46.5 cm³/mol. The van der Waals surface area contributed by atoms with Crippen LogP contribution in [0.2, 0.25) is 0 Å². The predicted octanol–water partition coefficient (Wildman–Crippen LogP) is 1.01. The fourth-order valence-electron chi connectivity index (χ4n) is 1.58. The zero-order chi connectivity index (χ0) is 9.10. The molecule has 0 unspecified atom stereocenters. The average Bonchev–Trinajstić information content (AvgIpc) is 2.12. The number of hydrogen-bond acceptors (Lipinski definition) is 3. The second kappa shape index (κ2) is 3.96. The summed E-state index contributed by atoms with van der Waals surface area (Å²) >= 11 is 0. The Labute approximate surface area is 77.8 Å². The van der Waals surface area contributed by atoms with Gasteiger partial charge in [-0.05, 0) is 19.3 Å². The molecule has 2 heterocycles. The zero-order valence-electron chi connectivity index (χ0n) is 7.70. The highest BCUT2D eigenvalue weighted by Crippen LogP contribution is 2.13. The molecule has 2 saturated heterocycles. The van der Waals surface area contributed by atoms with Gasteiger partial charge in [0.1, 0.15) is 0 Å². The molecule has 0 saturated carbocycles. The van der Waals surface area contributed by atoms with Gasteiger partial charge in [0.15, 0.2) is 6.10 Å². The highest BCUT2D eigenvalue weighted by Gasteiger charge is 2.26. The molecule has 0 atom stereocenters. The van der Waals surface area contributed by atoms with Crippen LogP contribution in [-0.2, 0) is 9.47 Å². The van der Waals surface area contributed by atoms with Crippen molar-refractivity contribution in [2.45, 2.75) is 25.4 Å². The van der Waals surface area contributed by atoms with E-state index in [4.69, 9.17) is 9.47 Å². The molecule has 2 aliphatic heterocycles. The van der Waals surface area contributed by atoms with Crippen molar-refractivity contribution in [2.75, 3.05) is 26.3 Å². The second-order valence-corrected chi connectivity index (χ2v) is 3.59. The van der Waals surface area contributed by atoms with Crippen LogP contribution >= 0.6 is 0 Å². The van der Waals surface area contributed by atoms with Crippen LogP contribution in [0.1, 0.15) is 19.3 Å². The van der Waals surface area contributed by atoms with Gasteiger partial charge in [-0.25, -0.2) is 4.79 Å². The van der Waals surface area contributed by atoms with Crippen molar-refractivity contribution in [3.8, 4) is 0 Å². The van der Waals surface area contributed by atoms with Gasteiger partial charge in [-0.3, -0.25) is 0 Å². The van der Waals surface area contributed by atoms with Crippen molar-refractivity contribution in [1.82, 2.24) is 4.90 Å². The summed E-state index contributed by atoms with van der Waals surface area (Å²) in [7, 11) is 0. The van der Waals surface area contributed by atoms with Crippen LogP contribution in [-0.4, -0.2) is 43.4 Å². The summed E-state index contributed by atoms with van der Waals surface area (Å²) in [4.78, 5) is 13.2. The minimum Gasteiger partial charge on any atom is -0.441 e. The Kier molecular flexibility index (Phi) is 2.68. The van der Waals surface area contributed by atoms with Gasteiger partial charge >= 0.3 is 6.09 Å². The molecule has 2 rings (SSSR count). The molecule has 0 aromatic rings. The fourth-order valence-corrected chi connectivity index (χ4v) is 1.58. The van der Waals surface area contributed by atoms with Gasteiger partial charge in [0.25, 0.3) is 0 Å². The molecule has 0 bridgehead atoms. The first-order chi connectivity index (χ1) is 6.36. The van der Waals surface area contributed by atoms with E-state index in [9.17, 15) is 4.79 Å². The maximum Gasteiger partial charge on any atom is 0.410 e. The van der Waals surface area contributed by atoms with E-state index >= 15 is 0 Å². The molecule has 0 radical (unpaired) electrons. The lowest BCUT2D eigenvalue weighted by molar-refractivity contribution is -0.105. The largest absolute Gasteiger partial charge is 0.441 e. The van der Waals surface area contributed by atoms with Crippen LogP contribution in [0.5, 0.6) is 0 Å². The Balaban J connectivity index is 1.74. The molecule has 1 amide bonds. The molecule has 13 heavy (non-hydrogen) atoms. The Morgan fingerprint density at radius 3 is 2.46 bits per heavy atom. The van der Waals surface area contributed by atoms with Gasteiger partial charge in [0.2, 0.25) is 0 Å². The van der Waals surface area contributed by atoms with E-state index in [1.54, 1.807) is 4.90 Å². The van der Waals surface area contributed by atoms with Crippen molar-refractivity contribution in [1.29, 1.82) is 0 Å². The topological polar surface area (TPSA) is 38.8 Å². The number of nitrogens with zero attached hydrogens (tertiary/aromatic N) is 1. The van der Waals surface area contributed by atoms with Gasteiger partial charge < -0.3 is 14.4 Å². The molecular weight excluding hydrogens is 170 g/mol. The lowest BCUT2D eigenvalue weighted by Gasteiger charge is -2.31. The van der Waals surface area contributed by atoms with Gasteiger partial charge in [-0.1, -0.05) is 0 Å². The number of carbonyl (C=O) groups is 1. The number of carbonyl (C=O) groups excluding carboxylic acids is 1. The summed E-state index contributed by atoms with van der Waals surface area (Å²) in [5.74, 6) is 0. The molecule has 0 aliphatic carbocycles. The molecule has 2 aliphatic rings. The highest BCUT2D eigenvalue weighted by atomic mass is 16.6. The average molecular weight is 185 g/mol. The van der Waals surface area contributed by atoms with Crippen molar-refractivity contribution in [3.05, 3.63) is 0 Å². The molecule has 4 nitrogen and oxygen atoms in total. The van der Waals surface area contributed by atoms with Gasteiger partial charge in [-0.15, -0.1) is 0 Å². The number of hydrogen-bond donors (Lipinski definition) is 0.